The number of fused-ring (bicyclic) bond motifs is 3. The molecule has 0 aromatic heterocycles. The minimum absolute atomic E-state index is 0.0206. The molecule has 3 aromatic carbocycles. The number of carbonyl (C=O) groups excluding carboxylic acids is 1. The Morgan fingerprint density at radius 1 is 0.889 bits per heavy atom. The molecule has 5 heteroatoms. The maximum absolute atomic E-state index is 12.8. The monoisotopic (exact) mass is 360 g/mol. The van der Waals surface area contributed by atoms with E-state index in [-0.39, 0.29) is 19.0 Å². The van der Waals surface area contributed by atoms with E-state index in [1.165, 1.54) is 0 Å². The van der Waals surface area contributed by atoms with Gasteiger partial charge >= 0.3 is 0 Å². The zero-order chi connectivity index (χ0) is 18.2. The standard InChI is InChI=1S/C22H16O5/c23-17-9-15-10-20-21(26-13-25-20)11-19(15)27-22-16(17)7-4-8-18(22)24-12-14-5-2-1-3-6-14/h1-8,10-11H,9,12-13H2. The van der Waals surface area contributed by atoms with Crippen molar-refractivity contribution < 1.29 is 23.7 Å². The van der Waals surface area contributed by atoms with Gasteiger partial charge in [0.1, 0.15) is 12.4 Å². The lowest BCUT2D eigenvalue weighted by molar-refractivity contribution is 0.0993. The fraction of sp³-hybridized carbons (Fsp3) is 0.136. The fourth-order valence-electron chi connectivity index (χ4n) is 3.27. The summed E-state index contributed by atoms with van der Waals surface area (Å²) in [5.41, 5.74) is 2.33. The van der Waals surface area contributed by atoms with Crippen molar-refractivity contribution >= 4 is 5.78 Å². The molecule has 0 aliphatic carbocycles. The van der Waals surface area contributed by atoms with E-state index < -0.39 is 0 Å². The van der Waals surface area contributed by atoms with Crippen molar-refractivity contribution in [3.63, 3.8) is 0 Å². The first-order valence-electron chi connectivity index (χ1n) is 8.71. The summed E-state index contributed by atoms with van der Waals surface area (Å²) in [7, 11) is 0. The van der Waals surface area contributed by atoms with Gasteiger partial charge in [-0.25, -0.2) is 0 Å². The summed E-state index contributed by atoms with van der Waals surface area (Å²) in [4.78, 5) is 12.8. The Morgan fingerprint density at radius 2 is 1.70 bits per heavy atom. The highest BCUT2D eigenvalue weighted by Crippen LogP contribution is 2.45. The van der Waals surface area contributed by atoms with Crippen LogP contribution in [0.3, 0.4) is 0 Å². The first kappa shape index (κ1) is 15.8. The second-order valence-corrected chi connectivity index (χ2v) is 6.42. The van der Waals surface area contributed by atoms with Gasteiger partial charge in [0.25, 0.3) is 0 Å². The van der Waals surface area contributed by atoms with Crippen molar-refractivity contribution in [3.05, 3.63) is 77.4 Å². The van der Waals surface area contributed by atoms with Gasteiger partial charge in [0, 0.05) is 18.1 Å². The van der Waals surface area contributed by atoms with Gasteiger partial charge in [0.2, 0.25) is 6.79 Å². The molecule has 0 radical (unpaired) electrons. The zero-order valence-corrected chi connectivity index (χ0v) is 14.4. The number of ketones is 1. The molecule has 3 aromatic rings. The Morgan fingerprint density at radius 3 is 2.56 bits per heavy atom. The highest BCUT2D eigenvalue weighted by atomic mass is 16.7. The van der Waals surface area contributed by atoms with Crippen LogP contribution in [0.4, 0.5) is 0 Å². The van der Waals surface area contributed by atoms with Crippen molar-refractivity contribution in [2.45, 2.75) is 13.0 Å². The van der Waals surface area contributed by atoms with E-state index in [2.05, 4.69) is 0 Å². The van der Waals surface area contributed by atoms with Crippen molar-refractivity contribution in [3.8, 4) is 28.7 Å². The van der Waals surface area contributed by atoms with E-state index in [1.807, 2.05) is 48.5 Å². The number of ether oxygens (including phenoxy) is 4. The van der Waals surface area contributed by atoms with Crippen LogP contribution in [0.25, 0.3) is 0 Å². The lowest BCUT2D eigenvalue weighted by Gasteiger charge is -2.14. The normalized spacial score (nSPS) is 14.0. The van der Waals surface area contributed by atoms with Crippen LogP contribution >= 0.6 is 0 Å². The molecule has 0 saturated heterocycles. The molecule has 0 N–H and O–H groups in total. The number of Topliss-reactive ketones (excluding diaryl/α,β-unsaturated/α-hetero) is 1. The van der Waals surface area contributed by atoms with Crippen LogP contribution in [0.5, 0.6) is 28.7 Å². The molecule has 0 bridgehead atoms. The molecular weight excluding hydrogens is 344 g/mol. The molecule has 2 aliphatic rings. The summed E-state index contributed by atoms with van der Waals surface area (Å²) in [6.45, 7) is 0.567. The maximum Gasteiger partial charge on any atom is 0.231 e. The molecule has 0 fully saturated rings. The quantitative estimate of drug-likeness (QED) is 0.687. The van der Waals surface area contributed by atoms with Crippen LogP contribution in [0.2, 0.25) is 0 Å². The van der Waals surface area contributed by atoms with Crippen LogP contribution < -0.4 is 18.9 Å². The average molecular weight is 360 g/mol. The molecule has 0 spiro atoms. The fourth-order valence-corrected chi connectivity index (χ4v) is 3.27. The van der Waals surface area contributed by atoms with Gasteiger partial charge in [-0.2, -0.15) is 0 Å². The predicted octanol–water partition coefficient (Wildman–Crippen LogP) is 4.53. The molecule has 0 unspecified atom stereocenters. The largest absolute Gasteiger partial charge is 0.485 e. The highest BCUT2D eigenvalue weighted by Gasteiger charge is 2.27. The van der Waals surface area contributed by atoms with Gasteiger partial charge in [-0.3, -0.25) is 4.79 Å². The minimum atomic E-state index is -0.0206. The molecule has 0 saturated carbocycles. The second-order valence-electron chi connectivity index (χ2n) is 6.42. The van der Waals surface area contributed by atoms with Crippen molar-refractivity contribution in [1.82, 2.24) is 0 Å². The summed E-state index contributed by atoms with van der Waals surface area (Å²) in [5, 5.41) is 0. The van der Waals surface area contributed by atoms with E-state index in [0.29, 0.717) is 40.9 Å². The molecule has 0 atom stereocenters. The third kappa shape index (κ3) is 2.87. The van der Waals surface area contributed by atoms with E-state index in [4.69, 9.17) is 18.9 Å². The average Bonchev–Trinajstić information content (AvgIpc) is 3.09. The van der Waals surface area contributed by atoms with Crippen molar-refractivity contribution in [1.29, 1.82) is 0 Å². The Kier molecular flexibility index (Phi) is 3.71. The molecule has 27 heavy (non-hydrogen) atoms. The third-order valence-corrected chi connectivity index (χ3v) is 4.64. The van der Waals surface area contributed by atoms with Crippen LogP contribution in [0.1, 0.15) is 21.5 Å². The van der Waals surface area contributed by atoms with Crippen LogP contribution in [-0.2, 0) is 13.0 Å². The highest BCUT2D eigenvalue weighted by molar-refractivity contribution is 6.02. The van der Waals surface area contributed by atoms with Gasteiger partial charge in [-0.1, -0.05) is 36.4 Å². The maximum atomic E-state index is 12.8. The number of hydrogen-bond acceptors (Lipinski definition) is 5. The molecule has 5 nitrogen and oxygen atoms in total. The third-order valence-electron chi connectivity index (χ3n) is 4.64. The Hall–Kier alpha value is -3.47. The Bertz CT molecular complexity index is 1030. The van der Waals surface area contributed by atoms with Crippen LogP contribution in [0.15, 0.2) is 60.7 Å². The van der Waals surface area contributed by atoms with Gasteiger partial charge < -0.3 is 18.9 Å². The second kappa shape index (κ2) is 6.36. The zero-order valence-electron chi connectivity index (χ0n) is 14.4. The van der Waals surface area contributed by atoms with Gasteiger partial charge in [-0.05, 0) is 23.8 Å². The van der Waals surface area contributed by atoms with E-state index in [1.54, 1.807) is 12.1 Å². The SMILES string of the molecule is O=C1Cc2cc3c(cc2Oc2c(OCc4ccccc4)cccc21)OCO3. The summed E-state index contributed by atoms with van der Waals surface area (Å²) in [5.74, 6) is 2.80. The number of benzene rings is 3. The molecular formula is C22H16O5. The molecule has 5 rings (SSSR count). The van der Waals surface area contributed by atoms with E-state index in [9.17, 15) is 4.79 Å². The van der Waals surface area contributed by atoms with E-state index >= 15 is 0 Å². The molecule has 2 aliphatic heterocycles. The molecule has 2 heterocycles. The Labute approximate surface area is 156 Å². The minimum Gasteiger partial charge on any atom is -0.485 e. The van der Waals surface area contributed by atoms with E-state index in [0.717, 1.165) is 11.1 Å². The molecule has 134 valence electrons. The number of hydrogen-bond donors (Lipinski definition) is 0. The van der Waals surface area contributed by atoms with Crippen LogP contribution in [-0.4, -0.2) is 12.6 Å². The lowest BCUT2D eigenvalue weighted by atomic mass is 10.0. The van der Waals surface area contributed by atoms with Crippen LogP contribution in [0, 0.1) is 0 Å². The van der Waals surface area contributed by atoms with Gasteiger partial charge in [0.05, 0.1) is 5.56 Å². The summed E-state index contributed by atoms with van der Waals surface area (Å²) >= 11 is 0. The summed E-state index contributed by atoms with van der Waals surface area (Å²) < 4.78 is 23.0. The number of para-hydroxylation sites is 1. The van der Waals surface area contributed by atoms with Gasteiger partial charge in [0.15, 0.2) is 28.8 Å². The summed E-state index contributed by atoms with van der Waals surface area (Å²) in [6.07, 6.45) is 0.237. The predicted molar refractivity (Wildman–Crippen MR) is 97.9 cm³/mol. The Balaban J connectivity index is 1.52. The van der Waals surface area contributed by atoms with Crippen molar-refractivity contribution in [2.24, 2.45) is 0 Å². The topological polar surface area (TPSA) is 54.0 Å². The molecule has 0 amide bonds. The van der Waals surface area contributed by atoms with Gasteiger partial charge in [-0.15, -0.1) is 0 Å². The first-order chi connectivity index (χ1) is 13.3. The number of rotatable bonds is 3. The number of carbonyl (C=O) groups is 1. The first-order valence-corrected chi connectivity index (χ1v) is 8.71. The summed E-state index contributed by atoms with van der Waals surface area (Å²) in [6, 6.07) is 18.8. The van der Waals surface area contributed by atoms with Crippen molar-refractivity contribution in [2.75, 3.05) is 6.79 Å². The smallest absolute Gasteiger partial charge is 0.231 e. The lowest BCUT2D eigenvalue weighted by Crippen LogP contribution is -2.03.